The Bertz CT molecular complexity index is 1550. The van der Waals surface area contributed by atoms with E-state index in [-0.39, 0.29) is 23.8 Å². The lowest BCUT2D eigenvalue weighted by Crippen LogP contribution is -2.54. The first-order chi connectivity index (χ1) is 22.3. The van der Waals surface area contributed by atoms with Gasteiger partial charge in [0.25, 0.3) is 5.91 Å². The fraction of sp³-hybridized carbons (Fsp3) is 0.405. The first kappa shape index (κ1) is 32.7. The number of nitrogens with one attached hydrogen (secondary N) is 2. The second-order valence-electron chi connectivity index (χ2n) is 12.1. The molecule has 0 bridgehead atoms. The van der Waals surface area contributed by atoms with Gasteiger partial charge >= 0.3 is 5.97 Å². The van der Waals surface area contributed by atoms with Crippen molar-refractivity contribution in [1.29, 1.82) is 0 Å². The number of methoxy groups -OCH3 is 2. The number of likely N-dealkylation sites (tertiary alicyclic amines) is 1. The summed E-state index contributed by atoms with van der Waals surface area (Å²) >= 11 is 0. The van der Waals surface area contributed by atoms with Gasteiger partial charge < -0.3 is 25.0 Å². The lowest BCUT2D eigenvalue weighted by Gasteiger charge is -2.43. The van der Waals surface area contributed by atoms with Crippen LogP contribution in [0.2, 0.25) is 0 Å². The fourth-order valence-corrected chi connectivity index (χ4v) is 7.01. The zero-order valence-corrected chi connectivity index (χ0v) is 26.8. The zero-order valence-electron chi connectivity index (χ0n) is 26.8. The number of para-hydroxylation sites is 1. The smallest absolute Gasteiger partial charge is 0.328 e. The van der Waals surface area contributed by atoms with E-state index in [0.717, 1.165) is 16.7 Å². The van der Waals surface area contributed by atoms with Gasteiger partial charge in [0.15, 0.2) is 0 Å². The van der Waals surface area contributed by atoms with E-state index in [9.17, 15) is 19.2 Å². The molecule has 0 radical (unpaired) electrons. The van der Waals surface area contributed by atoms with E-state index >= 15 is 0 Å². The Kier molecular flexibility index (Phi) is 10.4. The Morgan fingerprint density at radius 1 is 0.891 bits per heavy atom. The number of nitrogens with zero attached hydrogens (tertiary/aromatic N) is 1. The number of fused-ring (bicyclic) bond motifs is 1. The molecule has 3 aromatic carbocycles. The van der Waals surface area contributed by atoms with Crippen LogP contribution in [0.25, 0.3) is 0 Å². The zero-order chi connectivity index (χ0) is 32.7. The van der Waals surface area contributed by atoms with E-state index in [2.05, 4.69) is 10.6 Å². The minimum Gasteiger partial charge on any atom is -0.496 e. The van der Waals surface area contributed by atoms with Gasteiger partial charge in [-0.1, -0.05) is 80.1 Å². The molecule has 0 spiro atoms. The maximum Gasteiger partial charge on any atom is 0.328 e. The molecule has 2 aliphatic rings. The number of ether oxygens (including phenoxy) is 2. The average Bonchev–Trinajstić information content (AvgIpc) is 3.10. The van der Waals surface area contributed by atoms with Gasteiger partial charge in [-0.15, -0.1) is 0 Å². The first-order valence-corrected chi connectivity index (χ1v) is 16.1. The van der Waals surface area contributed by atoms with Crippen molar-refractivity contribution in [2.45, 2.75) is 68.9 Å². The molecule has 1 fully saturated rings. The predicted molar refractivity (Wildman–Crippen MR) is 175 cm³/mol. The van der Waals surface area contributed by atoms with Crippen molar-refractivity contribution in [2.75, 3.05) is 27.3 Å². The Labute approximate surface area is 270 Å². The van der Waals surface area contributed by atoms with E-state index in [1.165, 1.54) is 7.11 Å². The number of piperidine rings is 1. The Balaban J connectivity index is 1.36. The van der Waals surface area contributed by atoms with Gasteiger partial charge in [0.1, 0.15) is 11.8 Å². The third kappa shape index (κ3) is 6.50. The summed E-state index contributed by atoms with van der Waals surface area (Å²) in [5.74, 6) is -0.789. The number of amides is 3. The molecule has 3 aromatic rings. The fourth-order valence-electron chi connectivity index (χ4n) is 7.01. The van der Waals surface area contributed by atoms with Crippen LogP contribution in [0.1, 0.15) is 78.4 Å². The van der Waals surface area contributed by atoms with Crippen LogP contribution in [0.5, 0.6) is 5.75 Å². The van der Waals surface area contributed by atoms with Crippen LogP contribution in [0, 0.1) is 0 Å². The molecular formula is C37H43N3O6. The summed E-state index contributed by atoms with van der Waals surface area (Å²) in [6.45, 7) is 3.01. The number of esters is 1. The summed E-state index contributed by atoms with van der Waals surface area (Å²) in [5, 5.41) is 6.12. The standard InChI is InChI=1S/C37H43N3O6/c1-4-12-31(35(43)46-3)39-36(44)37(25-13-6-5-7-14-25)22-19-28(27-15-8-10-17-30(27)37)34(42)40-23-20-26(21-24-40)38-33(41)29-16-9-11-18-32(29)45-2/h5-11,13-18,26,28,31H,4,12,19-24H2,1-3H3,(H,38,41)(H,39,44)/t28-,31?,37+/m0/s1. The highest BCUT2D eigenvalue weighted by Crippen LogP contribution is 2.48. The number of carbonyl (C=O) groups excluding carboxylic acids is 4. The summed E-state index contributed by atoms with van der Waals surface area (Å²) < 4.78 is 10.3. The Morgan fingerprint density at radius 2 is 1.57 bits per heavy atom. The summed E-state index contributed by atoms with van der Waals surface area (Å²) in [5.41, 5.74) is 1.83. The van der Waals surface area contributed by atoms with Crippen molar-refractivity contribution in [3.8, 4) is 5.75 Å². The molecule has 3 amide bonds. The predicted octanol–water partition coefficient (Wildman–Crippen LogP) is 4.74. The highest BCUT2D eigenvalue weighted by molar-refractivity contribution is 5.98. The van der Waals surface area contributed by atoms with Crippen LogP contribution >= 0.6 is 0 Å². The van der Waals surface area contributed by atoms with Gasteiger partial charge in [-0.05, 0) is 60.9 Å². The quantitative estimate of drug-likeness (QED) is 0.315. The highest BCUT2D eigenvalue weighted by Gasteiger charge is 2.49. The van der Waals surface area contributed by atoms with Gasteiger partial charge in [0.05, 0.1) is 31.1 Å². The monoisotopic (exact) mass is 625 g/mol. The maximum atomic E-state index is 14.4. The molecule has 1 aliphatic heterocycles. The van der Waals surface area contributed by atoms with Crippen molar-refractivity contribution in [1.82, 2.24) is 15.5 Å². The van der Waals surface area contributed by atoms with Crippen molar-refractivity contribution in [3.05, 3.63) is 101 Å². The van der Waals surface area contributed by atoms with E-state index in [0.29, 0.717) is 62.9 Å². The largest absolute Gasteiger partial charge is 0.496 e. The Hall–Kier alpha value is -4.66. The number of carbonyl (C=O) groups is 4. The van der Waals surface area contributed by atoms with Crippen LogP contribution in [-0.2, 0) is 24.5 Å². The summed E-state index contributed by atoms with van der Waals surface area (Å²) in [7, 11) is 2.87. The molecule has 3 atom stereocenters. The molecule has 242 valence electrons. The number of hydrogen-bond acceptors (Lipinski definition) is 6. The molecule has 2 N–H and O–H groups in total. The van der Waals surface area contributed by atoms with Crippen LogP contribution in [0.15, 0.2) is 78.9 Å². The highest BCUT2D eigenvalue weighted by atomic mass is 16.5. The van der Waals surface area contributed by atoms with E-state index < -0.39 is 23.3 Å². The maximum absolute atomic E-state index is 14.4. The van der Waals surface area contributed by atoms with Crippen molar-refractivity contribution < 1.29 is 28.7 Å². The Morgan fingerprint density at radius 3 is 2.26 bits per heavy atom. The lowest BCUT2D eigenvalue weighted by molar-refractivity contribution is -0.146. The minimum atomic E-state index is -1.08. The molecule has 46 heavy (non-hydrogen) atoms. The molecule has 9 nitrogen and oxygen atoms in total. The molecule has 1 saturated heterocycles. The topological polar surface area (TPSA) is 114 Å². The molecule has 0 aromatic heterocycles. The van der Waals surface area contributed by atoms with E-state index in [4.69, 9.17) is 9.47 Å². The molecule has 1 heterocycles. The summed E-state index contributed by atoms with van der Waals surface area (Å²) in [4.78, 5) is 55.9. The molecule has 5 rings (SSSR count). The molecule has 0 saturated carbocycles. The van der Waals surface area contributed by atoms with Gasteiger partial charge in [-0.25, -0.2) is 4.79 Å². The van der Waals surface area contributed by atoms with Crippen LogP contribution in [-0.4, -0.2) is 68.0 Å². The van der Waals surface area contributed by atoms with Crippen molar-refractivity contribution >= 4 is 23.7 Å². The molecule has 1 unspecified atom stereocenters. The number of benzene rings is 3. The number of rotatable bonds is 10. The third-order valence-corrected chi connectivity index (χ3v) is 9.42. The number of hydrogen-bond donors (Lipinski definition) is 2. The van der Waals surface area contributed by atoms with Crippen LogP contribution in [0.4, 0.5) is 0 Å². The first-order valence-electron chi connectivity index (χ1n) is 16.1. The SMILES string of the molecule is CCCC(NC(=O)[C@@]1(c2ccccc2)CC[C@H](C(=O)N2CCC(NC(=O)c3ccccc3OC)CC2)c2ccccc21)C(=O)OC. The van der Waals surface area contributed by atoms with Gasteiger partial charge in [0, 0.05) is 19.1 Å². The summed E-state index contributed by atoms with van der Waals surface area (Å²) in [6, 6.07) is 23.6. The van der Waals surface area contributed by atoms with Gasteiger partial charge in [-0.3, -0.25) is 14.4 Å². The second kappa shape index (κ2) is 14.6. The molecule has 1 aliphatic carbocycles. The van der Waals surface area contributed by atoms with Crippen LogP contribution in [0.3, 0.4) is 0 Å². The lowest BCUT2D eigenvalue weighted by atomic mass is 9.62. The van der Waals surface area contributed by atoms with E-state index in [1.54, 1.807) is 25.3 Å². The van der Waals surface area contributed by atoms with Gasteiger partial charge in [0.2, 0.25) is 11.8 Å². The average molecular weight is 626 g/mol. The minimum absolute atomic E-state index is 0.0300. The van der Waals surface area contributed by atoms with Crippen LogP contribution < -0.4 is 15.4 Å². The van der Waals surface area contributed by atoms with Gasteiger partial charge in [-0.2, -0.15) is 0 Å². The normalized spacial score (nSPS) is 20.2. The molecular weight excluding hydrogens is 582 g/mol. The van der Waals surface area contributed by atoms with E-state index in [1.807, 2.05) is 72.5 Å². The third-order valence-electron chi connectivity index (χ3n) is 9.42. The summed E-state index contributed by atoms with van der Waals surface area (Å²) in [6.07, 6.45) is 3.32. The second-order valence-corrected chi connectivity index (χ2v) is 12.1. The van der Waals surface area contributed by atoms with Crippen molar-refractivity contribution in [2.24, 2.45) is 0 Å². The molecule has 9 heteroatoms. The van der Waals surface area contributed by atoms with Crippen molar-refractivity contribution in [3.63, 3.8) is 0 Å².